The van der Waals surface area contributed by atoms with Crippen LogP contribution < -0.4 is 0 Å². The quantitative estimate of drug-likeness (QED) is 0.0358. The summed E-state index contributed by atoms with van der Waals surface area (Å²) in [6.07, 6.45) is 73.4. The third kappa shape index (κ3) is 32.5. The Morgan fingerprint density at radius 2 is 0.558 bits per heavy atom. The first-order valence-electron chi connectivity index (χ1n) is 34.1. The van der Waals surface area contributed by atoms with Crippen LogP contribution in [0.4, 0.5) is 0 Å². The van der Waals surface area contributed by atoms with E-state index in [2.05, 4.69) is 102 Å². The first-order valence-corrected chi connectivity index (χ1v) is 34.1. The molecule has 0 amide bonds. The molecule has 0 aliphatic carbocycles. The number of rotatable bonds is 52. The normalized spacial score (nSPS) is 12.9. The van der Waals surface area contributed by atoms with Gasteiger partial charge in [0.2, 0.25) is 11.4 Å². The Bertz CT molecular complexity index is 1780. The number of unbranched alkanes of at least 4 members (excludes halogenated alkanes) is 38. The van der Waals surface area contributed by atoms with E-state index in [0.717, 1.165) is 81.2 Å². The second-order valence-electron chi connectivity index (χ2n) is 24.0. The Hall–Kier alpha value is -2.51. The van der Waals surface area contributed by atoms with Crippen molar-refractivity contribution >= 4 is 23.5 Å². The Balaban J connectivity index is 0.0000203. The number of hydrogen-bond acceptors (Lipinski definition) is 0. The van der Waals surface area contributed by atoms with E-state index in [9.17, 15) is 5.53 Å². The summed E-state index contributed by atoms with van der Waals surface area (Å²) in [5.41, 5.74) is 25.3. The van der Waals surface area contributed by atoms with Crippen molar-refractivity contribution in [1.29, 1.82) is 0 Å². The molecule has 0 N–H and O–H groups in total. The number of benzene rings is 2. The molecule has 1 aliphatic heterocycles. The van der Waals surface area contributed by atoms with Gasteiger partial charge in [0.1, 0.15) is 0 Å². The predicted octanol–water partition coefficient (Wildman–Crippen LogP) is 26.0. The molecule has 1 heterocycles. The molecule has 0 radical (unpaired) electrons. The molecule has 0 saturated heterocycles. The minimum Gasteiger partial charge on any atom is -0.493 e. The average Bonchev–Trinajstić information content (AvgIpc) is 3.71. The Labute approximate surface area is 490 Å². The topological polar surface area (TPSA) is 25.3 Å². The number of hydrogen-bond donors (Lipinski definition) is 0. The van der Waals surface area contributed by atoms with Gasteiger partial charge in [0, 0.05) is 38.8 Å². The molecule has 440 valence electrons. The monoisotopic (exact) mass is 1100 g/mol. The second-order valence-corrected chi connectivity index (χ2v) is 24.0. The SMILES string of the molecule is CCCCCCCCCCCCCCCCCCCC=Cc1cc(C=CCCCCCCCCCCCCCCCCCCC)cc(C2=C(CCCC)C(CCCC)=C(c3cc(CCCC)cc(CCCC)c3)[N+]2=[N-])c1.[Ni]. The van der Waals surface area contributed by atoms with Crippen molar-refractivity contribution in [3.63, 3.8) is 0 Å². The van der Waals surface area contributed by atoms with E-state index < -0.39 is 0 Å². The van der Waals surface area contributed by atoms with Crippen molar-refractivity contribution in [2.24, 2.45) is 0 Å². The zero-order valence-corrected chi connectivity index (χ0v) is 52.9. The zero-order chi connectivity index (χ0) is 54.4. The molecule has 0 spiro atoms. The zero-order valence-electron chi connectivity index (χ0n) is 51.9. The van der Waals surface area contributed by atoms with Crippen LogP contribution in [0.2, 0.25) is 0 Å². The van der Waals surface area contributed by atoms with Gasteiger partial charge >= 0.3 is 0 Å². The summed E-state index contributed by atoms with van der Waals surface area (Å²) >= 11 is 0. The second kappa shape index (κ2) is 49.3. The van der Waals surface area contributed by atoms with Crippen molar-refractivity contribution in [1.82, 2.24) is 0 Å². The van der Waals surface area contributed by atoms with Crippen LogP contribution in [0.5, 0.6) is 0 Å². The molecular formula is C74H124N2Ni. The summed E-state index contributed by atoms with van der Waals surface area (Å²) < 4.78 is 1.66. The summed E-state index contributed by atoms with van der Waals surface area (Å²) in [7, 11) is 0. The molecule has 0 fully saturated rings. The minimum absolute atomic E-state index is 0. The smallest absolute Gasteiger partial charge is 0.211 e. The van der Waals surface area contributed by atoms with Gasteiger partial charge in [-0.3, -0.25) is 0 Å². The standard InChI is InChI=1S/C74H124N2.Ni/c1-7-13-19-21-23-25-27-29-31-33-35-37-39-41-43-45-47-49-51-55-67-60-68(56-52-50-48-46-44-42-40-38-36-34-32-30-28-26-24-22-20-14-8-2)64-70(63-67)74-72(58-18-12-6)71(57-17-11-5)73(76(74)75)69-61-65(53-15-9-3)59-66(62-69)54-16-10-4;/h51-52,55-56,59-64H,7-50,53-54,57-58H2,1-6H3;. The van der Waals surface area contributed by atoms with E-state index in [1.165, 1.54) is 283 Å². The summed E-state index contributed by atoms with van der Waals surface area (Å²) in [6, 6.07) is 14.5. The van der Waals surface area contributed by atoms with Crippen molar-refractivity contribution in [2.45, 2.75) is 350 Å². The molecular weight excluding hydrogens is 976 g/mol. The maximum Gasteiger partial charge on any atom is 0.211 e. The predicted molar refractivity (Wildman–Crippen MR) is 342 cm³/mol. The first kappa shape index (κ1) is 70.6. The van der Waals surface area contributed by atoms with E-state index >= 15 is 0 Å². The molecule has 3 heteroatoms. The van der Waals surface area contributed by atoms with E-state index in [1.54, 1.807) is 4.70 Å². The molecule has 2 nitrogen and oxygen atoms in total. The van der Waals surface area contributed by atoms with Crippen LogP contribution in [0.3, 0.4) is 0 Å². The Kier molecular flexibility index (Phi) is 45.2. The van der Waals surface area contributed by atoms with Crippen molar-refractivity contribution < 1.29 is 21.2 Å². The molecule has 2 aromatic carbocycles. The van der Waals surface area contributed by atoms with E-state index in [0.29, 0.717) is 0 Å². The number of nitrogens with zero attached hydrogens (tertiary/aromatic N) is 2. The average molecular weight is 1100 g/mol. The third-order valence-electron chi connectivity index (χ3n) is 16.7. The van der Waals surface area contributed by atoms with Gasteiger partial charge in [0.25, 0.3) is 0 Å². The summed E-state index contributed by atoms with van der Waals surface area (Å²) in [4.78, 5) is 0. The molecule has 77 heavy (non-hydrogen) atoms. The largest absolute Gasteiger partial charge is 0.493 e. The molecule has 0 unspecified atom stereocenters. The van der Waals surface area contributed by atoms with Crippen molar-refractivity contribution in [3.8, 4) is 0 Å². The maximum atomic E-state index is 12.8. The van der Waals surface area contributed by atoms with Crippen LogP contribution in [-0.2, 0) is 29.3 Å². The fourth-order valence-corrected chi connectivity index (χ4v) is 11.9. The first-order chi connectivity index (χ1) is 37.5. The van der Waals surface area contributed by atoms with Crippen LogP contribution in [-0.4, -0.2) is 4.70 Å². The Morgan fingerprint density at radius 3 is 0.857 bits per heavy atom. The fourth-order valence-electron chi connectivity index (χ4n) is 11.9. The molecule has 0 aromatic heterocycles. The van der Waals surface area contributed by atoms with Gasteiger partial charge in [-0.25, -0.2) is 4.70 Å². The minimum atomic E-state index is 0. The molecule has 3 rings (SSSR count). The molecule has 1 aliphatic rings. The number of allylic oxidation sites excluding steroid dienone is 4. The van der Waals surface area contributed by atoms with Crippen LogP contribution in [0, 0.1) is 0 Å². The van der Waals surface area contributed by atoms with Crippen LogP contribution in [0.25, 0.3) is 29.1 Å². The maximum absolute atomic E-state index is 12.8. The van der Waals surface area contributed by atoms with E-state index in [1.807, 2.05) is 0 Å². The van der Waals surface area contributed by atoms with Gasteiger partial charge < -0.3 is 5.53 Å². The summed E-state index contributed by atoms with van der Waals surface area (Å²) in [5.74, 6) is 0. The molecule has 0 atom stereocenters. The van der Waals surface area contributed by atoms with Gasteiger partial charge in [0.15, 0.2) is 0 Å². The molecule has 2 aromatic rings. The summed E-state index contributed by atoms with van der Waals surface area (Å²) in [5, 5.41) is 0. The van der Waals surface area contributed by atoms with E-state index in [-0.39, 0.29) is 16.5 Å². The van der Waals surface area contributed by atoms with Crippen LogP contribution in [0.15, 0.2) is 59.7 Å². The van der Waals surface area contributed by atoms with Crippen LogP contribution in [0.1, 0.15) is 370 Å². The van der Waals surface area contributed by atoms with Crippen molar-refractivity contribution in [3.05, 3.63) is 98.6 Å². The number of aryl methyl sites for hydroxylation is 2. The Morgan fingerprint density at radius 1 is 0.299 bits per heavy atom. The fraction of sp³-hybridized carbons (Fsp3) is 0.730. The van der Waals surface area contributed by atoms with Gasteiger partial charge in [-0.05, 0) is 130 Å². The summed E-state index contributed by atoms with van der Waals surface area (Å²) in [6.45, 7) is 13.8. The van der Waals surface area contributed by atoms with Crippen molar-refractivity contribution in [2.75, 3.05) is 0 Å². The van der Waals surface area contributed by atoms with Crippen LogP contribution >= 0.6 is 0 Å². The van der Waals surface area contributed by atoms with Gasteiger partial charge in [-0.2, -0.15) is 0 Å². The van der Waals surface area contributed by atoms with E-state index in [4.69, 9.17) is 0 Å². The van der Waals surface area contributed by atoms with Gasteiger partial charge in [-0.1, -0.05) is 303 Å². The van der Waals surface area contributed by atoms with Gasteiger partial charge in [0.05, 0.1) is 0 Å². The third-order valence-corrected chi connectivity index (χ3v) is 16.7. The molecule has 0 saturated carbocycles. The molecule has 0 bridgehead atoms. The van der Waals surface area contributed by atoms with Gasteiger partial charge in [-0.15, -0.1) is 0 Å².